The molecule has 0 aliphatic carbocycles. The maximum absolute atomic E-state index is 12.7. The number of halogens is 3. The lowest BCUT2D eigenvalue weighted by atomic mass is 10.1. The Labute approximate surface area is 142 Å². The molecule has 0 radical (unpaired) electrons. The summed E-state index contributed by atoms with van der Waals surface area (Å²) < 4.78 is 65.9. The van der Waals surface area contributed by atoms with Crippen LogP contribution in [0.4, 0.5) is 18.9 Å². The minimum Gasteiger partial charge on any atom is -0.277 e. The Morgan fingerprint density at radius 3 is 2.44 bits per heavy atom. The molecule has 8 heteroatoms. The first-order chi connectivity index (χ1) is 11.7. The Morgan fingerprint density at radius 1 is 1.04 bits per heavy atom. The Balaban J connectivity index is 2.02. The molecule has 0 amide bonds. The first-order valence-electron chi connectivity index (χ1n) is 7.23. The topological polar surface area (TPSA) is 59.1 Å². The average Bonchev–Trinajstić information content (AvgIpc) is 2.54. The highest BCUT2D eigenvalue weighted by Gasteiger charge is 2.31. The fraction of sp³-hybridized carbons (Fsp3) is 0.118. The number of hydrogen-bond acceptors (Lipinski definition) is 3. The van der Waals surface area contributed by atoms with E-state index in [2.05, 4.69) is 9.71 Å². The predicted molar refractivity (Wildman–Crippen MR) is 88.7 cm³/mol. The van der Waals surface area contributed by atoms with Crippen molar-refractivity contribution < 1.29 is 21.6 Å². The average molecular weight is 366 g/mol. The van der Waals surface area contributed by atoms with Crippen molar-refractivity contribution >= 4 is 26.6 Å². The second-order valence-corrected chi connectivity index (χ2v) is 7.12. The molecule has 130 valence electrons. The number of rotatable bonds is 3. The fourth-order valence-corrected chi connectivity index (χ4v) is 3.81. The van der Waals surface area contributed by atoms with Crippen LogP contribution in [-0.2, 0) is 16.2 Å². The second kappa shape index (κ2) is 6.03. The summed E-state index contributed by atoms with van der Waals surface area (Å²) in [5.41, 5.74) is -0.165. The lowest BCUT2D eigenvalue weighted by molar-refractivity contribution is -0.137. The van der Waals surface area contributed by atoms with Crippen molar-refractivity contribution in [2.45, 2.75) is 18.0 Å². The maximum atomic E-state index is 12.7. The smallest absolute Gasteiger partial charge is 0.277 e. The normalized spacial score (nSPS) is 12.3. The van der Waals surface area contributed by atoms with Gasteiger partial charge in [-0.15, -0.1) is 0 Å². The van der Waals surface area contributed by atoms with Gasteiger partial charge in [0.25, 0.3) is 10.0 Å². The number of nitrogens with zero attached hydrogens (tertiary/aromatic N) is 1. The lowest BCUT2D eigenvalue weighted by Crippen LogP contribution is -2.15. The van der Waals surface area contributed by atoms with Gasteiger partial charge in [0.05, 0.1) is 21.7 Å². The highest BCUT2D eigenvalue weighted by Crippen LogP contribution is 2.32. The summed E-state index contributed by atoms with van der Waals surface area (Å²) in [6, 6.07) is 11.0. The van der Waals surface area contributed by atoms with E-state index in [9.17, 15) is 21.6 Å². The van der Waals surface area contributed by atoms with E-state index in [1.807, 2.05) is 0 Å². The molecule has 1 N–H and O–H groups in total. The van der Waals surface area contributed by atoms with Crippen molar-refractivity contribution in [3.8, 4) is 0 Å². The highest BCUT2D eigenvalue weighted by atomic mass is 32.2. The van der Waals surface area contributed by atoms with Gasteiger partial charge in [0.15, 0.2) is 0 Å². The monoisotopic (exact) mass is 366 g/mol. The summed E-state index contributed by atoms with van der Waals surface area (Å²) in [6.45, 7) is 1.32. The molecule has 0 aliphatic rings. The Kier molecular flexibility index (Phi) is 4.16. The van der Waals surface area contributed by atoms with Gasteiger partial charge in [0, 0.05) is 11.6 Å². The van der Waals surface area contributed by atoms with Crippen LogP contribution >= 0.6 is 0 Å². The summed E-state index contributed by atoms with van der Waals surface area (Å²) in [6.07, 6.45) is -3.00. The van der Waals surface area contributed by atoms with Gasteiger partial charge >= 0.3 is 6.18 Å². The third kappa shape index (κ3) is 3.43. The molecule has 25 heavy (non-hydrogen) atoms. The van der Waals surface area contributed by atoms with Gasteiger partial charge < -0.3 is 0 Å². The number of aromatic nitrogens is 1. The molecule has 1 heterocycles. The summed E-state index contributed by atoms with van der Waals surface area (Å²) in [5.74, 6) is 0. The molecule has 2 aromatic carbocycles. The highest BCUT2D eigenvalue weighted by molar-refractivity contribution is 7.92. The zero-order valence-corrected chi connectivity index (χ0v) is 13.8. The van der Waals surface area contributed by atoms with Crippen LogP contribution in [0.15, 0.2) is 59.6 Å². The number of para-hydroxylation sites is 1. The minimum absolute atomic E-state index is 0.00974. The van der Waals surface area contributed by atoms with E-state index >= 15 is 0 Å². The van der Waals surface area contributed by atoms with Crippen LogP contribution in [0.1, 0.15) is 11.1 Å². The van der Waals surface area contributed by atoms with E-state index in [0.29, 0.717) is 5.52 Å². The summed E-state index contributed by atoms with van der Waals surface area (Å²) in [4.78, 5) is 3.94. The summed E-state index contributed by atoms with van der Waals surface area (Å²) in [5, 5.41) is 0.742. The molecular weight excluding hydrogens is 353 g/mol. The zero-order chi connectivity index (χ0) is 18.2. The number of anilines is 1. The Bertz CT molecular complexity index is 1040. The molecule has 0 aliphatic heterocycles. The molecule has 0 bridgehead atoms. The Morgan fingerprint density at radius 2 is 1.76 bits per heavy atom. The van der Waals surface area contributed by atoms with Crippen LogP contribution in [0.25, 0.3) is 10.9 Å². The number of benzene rings is 2. The standard InChI is InChI=1S/C17H13F3N2O2S/c1-11-10-13(17(18,19)20)7-8-15(11)25(23,24)22-14-6-2-4-12-5-3-9-21-16(12)14/h2-10,22H,1H3. The van der Waals surface area contributed by atoms with Crippen LogP contribution in [0.2, 0.25) is 0 Å². The van der Waals surface area contributed by atoms with Gasteiger partial charge in [-0.25, -0.2) is 8.42 Å². The second-order valence-electron chi connectivity index (χ2n) is 5.46. The van der Waals surface area contributed by atoms with Crippen molar-refractivity contribution in [1.29, 1.82) is 0 Å². The third-order valence-electron chi connectivity index (χ3n) is 3.67. The van der Waals surface area contributed by atoms with Crippen LogP contribution in [0.3, 0.4) is 0 Å². The van der Waals surface area contributed by atoms with Gasteiger partial charge in [-0.3, -0.25) is 9.71 Å². The molecule has 0 unspecified atom stereocenters. The number of aryl methyl sites for hydroxylation is 1. The van der Waals surface area contributed by atoms with E-state index in [1.165, 1.54) is 13.1 Å². The van der Waals surface area contributed by atoms with Crippen LogP contribution in [-0.4, -0.2) is 13.4 Å². The molecule has 1 aromatic heterocycles. The first kappa shape index (κ1) is 17.2. The minimum atomic E-state index is -4.53. The largest absolute Gasteiger partial charge is 0.416 e. The van der Waals surface area contributed by atoms with Crippen LogP contribution in [0, 0.1) is 6.92 Å². The SMILES string of the molecule is Cc1cc(C(F)(F)F)ccc1S(=O)(=O)Nc1cccc2cccnc12. The van der Waals surface area contributed by atoms with E-state index in [0.717, 1.165) is 23.6 Å². The molecule has 3 aromatic rings. The zero-order valence-electron chi connectivity index (χ0n) is 13.0. The number of alkyl halides is 3. The summed E-state index contributed by atoms with van der Waals surface area (Å²) >= 11 is 0. The van der Waals surface area contributed by atoms with E-state index in [1.54, 1.807) is 30.3 Å². The van der Waals surface area contributed by atoms with Crippen molar-refractivity contribution in [2.24, 2.45) is 0 Å². The molecule has 0 saturated heterocycles. The van der Waals surface area contributed by atoms with E-state index < -0.39 is 21.8 Å². The molecular formula is C17H13F3N2O2S. The predicted octanol–water partition coefficient (Wildman–Crippen LogP) is 4.36. The molecule has 3 rings (SSSR count). The van der Waals surface area contributed by atoms with Crippen molar-refractivity contribution in [3.05, 3.63) is 65.9 Å². The lowest BCUT2D eigenvalue weighted by Gasteiger charge is -2.14. The Hall–Kier alpha value is -2.61. The van der Waals surface area contributed by atoms with E-state index in [4.69, 9.17) is 0 Å². The number of hydrogen-bond donors (Lipinski definition) is 1. The summed E-state index contributed by atoms with van der Waals surface area (Å²) in [7, 11) is -4.06. The molecule has 0 fully saturated rings. The van der Waals surface area contributed by atoms with Crippen LogP contribution in [0.5, 0.6) is 0 Å². The van der Waals surface area contributed by atoms with Gasteiger partial charge in [0.2, 0.25) is 0 Å². The molecule has 0 spiro atoms. The number of fused-ring (bicyclic) bond motifs is 1. The maximum Gasteiger partial charge on any atom is 0.416 e. The quantitative estimate of drug-likeness (QED) is 0.749. The first-order valence-corrected chi connectivity index (χ1v) is 8.71. The van der Waals surface area contributed by atoms with Crippen molar-refractivity contribution in [3.63, 3.8) is 0 Å². The number of pyridine rings is 1. The van der Waals surface area contributed by atoms with Gasteiger partial charge in [-0.05, 0) is 42.8 Å². The van der Waals surface area contributed by atoms with Crippen molar-refractivity contribution in [1.82, 2.24) is 4.98 Å². The van der Waals surface area contributed by atoms with Crippen molar-refractivity contribution in [2.75, 3.05) is 4.72 Å². The number of nitrogens with one attached hydrogen (secondary N) is 1. The van der Waals surface area contributed by atoms with Gasteiger partial charge in [0.1, 0.15) is 0 Å². The number of sulfonamides is 1. The molecule has 0 saturated carbocycles. The van der Waals surface area contributed by atoms with Gasteiger partial charge in [-0.1, -0.05) is 18.2 Å². The molecule has 4 nitrogen and oxygen atoms in total. The van der Waals surface area contributed by atoms with E-state index in [-0.39, 0.29) is 16.1 Å². The van der Waals surface area contributed by atoms with Crippen LogP contribution < -0.4 is 4.72 Å². The fourth-order valence-electron chi connectivity index (χ4n) is 2.51. The third-order valence-corrected chi connectivity index (χ3v) is 5.19. The molecule has 0 atom stereocenters. The van der Waals surface area contributed by atoms with Gasteiger partial charge in [-0.2, -0.15) is 13.2 Å².